The molecule has 2 N–H and O–H groups in total. The predicted molar refractivity (Wildman–Crippen MR) is 118 cm³/mol. The molecule has 4 aromatic rings. The summed E-state index contributed by atoms with van der Waals surface area (Å²) < 4.78 is 30.1. The first-order valence-electron chi connectivity index (χ1n) is 11.1. The number of nitrogens with one attached hydrogen (secondary N) is 2. The van der Waals surface area contributed by atoms with Crippen LogP contribution in [0.15, 0.2) is 30.6 Å². The maximum atomic E-state index is 14.2. The summed E-state index contributed by atoms with van der Waals surface area (Å²) in [4.78, 5) is 12.6. The summed E-state index contributed by atoms with van der Waals surface area (Å²) in [5.41, 5.74) is 1.66. The zero-order chi connectivity index (χ0) is 21.3. The number of aromatic amines is 1. The lowest BCUT2D eigenvalue weighted by Crippen LogP contribution is -2.47. The molecule has 0 radical (unpaired) electrons. The number of rotatable bonds is 3. The normalized spacial score (nSPS) is 25.5. The quantitative estimate of drug-likeness (QED) is 0.451. The minimum absolute atomic E-state index is 0.264. The van der Waals surface area contributed by atoms with Crippen LogP contribution in [0.3, 0.4) is 0 Å². The summed E-state index contributed by atoms with van der Waals surface area (Å²) in [6, 6.07) is 4.63. The summed E-state index contributed by atoms with van der Waals surface area (Å²) in [6.45, 7) is 2.35. The van der Waals surface area contributed by atoms with Gasteiger partial charge in [-0.15, -0.1) is 0 Å². The summed E-state index contributed by atoms with van der Waals surface area (Å²) in [5.74, 6) is 2.06. The third-order valence-electron chi connectivity index (χ3n) is 7.61. The fraction of sp³-hybridized carbons (Fsp3) is 0.417. The first-order chi connectivity index (χ1) is 15.0. The number of halogens is 2. The van der Waals surface area contributed by atoms with Crippen molar-refractivity contribution in [2.75, 3.05) is 5.32 Å². The van der Waals surface area contributed by atoms with Gasteiger partial charge < -0.3 is 14.9 Å². The SMILES string of the molecule is C[C@H]1C2CCC(CC2)[C@@H]1Nc1nc(-c2c[nH]c3c(F)cc(F)cc23)nc2c1ccn2C. The molecule has 0 unspecified atom stereocenters. The number of H-pyrrole nitrogens is 1. The first kappa shape index (κ1) is 18.8. The molecule has 3 aliphatic carbocycles. The second-order valence-corrected chi connectivity index (χ2v) is 9.28. The molecule has 3 saturated carbocycles. The Hall–Kier alpha value is -2.96. The Labute approximate surface area is 178 Å². The molecule has 1 aromatic carbocycles. The van der Waals surface area contributed by atoms with Gasteiger partial charge in [0.15, 0.2) is 5.82 Å². The van der Waals surface area contributed by atoms with Gasteiger partial charge in [-0.2, -0.15) is 0 Å². The van der Waals surface area contributed by atoms with E-state index in [1.165, 1.54) is 31.7 Å². The minimum Gasteiger partial charge on any atom is -0.366 e. The molecular weight excluding hydrogens is 396 g/mol. The number of aromatic nitrogens is 4. The molecule has 0 saturated heterocycles. The molecule has 31 heavy (non-hydrogen) atoms. The van der Waals surface area contributed by atoms with Crippen LogP contribution in [0.4, 0.5) is 14.6 Å². The van der Waals surface area contributed by atoms with E-state index in [1.54, 1.807) is 6.20 Å². The zero-order valence-corrected chi connectivity index (χ0v) is 17.6. The highest BCUT2D eigenvalue weighted by molar-refractivity contribution is 5.96. The van der Waals surface area contributed by atoms with E-state index in [0.717, 1.165) is 28.8 Å². The lowest BCUT2D eigenvalue weighted by molar-refractivity contribution is 0.0929. The average molecular weight is 421 g/mol. The van der Waals surface area contributed by atoms with Gasteiger partial charge >= 0.3 is 0 Å². The molecule has 3 aliphatic rings. The lowest BCUT2D eigenvalue weighted by atomic mass is 9.62. The fourth-order valence-corrected chi connectivity index (χ4v) is 5.87. The number of hydrogen-bond acceptors (Lipinski definition) is 3. The van der Waals surface area contributed by atoms with Crippen molar-refractivity contribution in [3.05, 3.63) is 42.2 Å². The van der Waals surface area contributed by atoms with E-state index >= 15 is 0 Å². The Morgan fingerprint density at radius 2 is 1.84 bits per heavy atom. The molecular formula is C24H25F2N5. The van der Waals surface area contributed by atoms with Crippen molar-refractivity contribution in [1.82, 2.24) is 19.5 Å². The molecule has 160 valence electrons. The molecule has 2 bridgehead atoms. The summed E-state index contributed by atoms with van der Waals surface area (Å²) in [5, 5.41) is 5.18. The van der Waals surface area contributed by atoms with Crippen LogP contribution in [0.2, 0.25) is 0 Å². The second kappa shape index (κ2) is 6.77. The molecule has 5 nitrogen and oxygen atoms in total. The second-order valence-electron chi connectivity index (χ2n) is 9.28. The van der Waals surface area contributed by atoms with Gasteiger partial charge in [-0.25, -0.2) is 18.7 Å². The number of aryl methyl sites for hydroxylation is 1. The highest BCUT2D eigenvalue weighted by atomic mass is 19.1. The van der Waals surface area contributed by atoms with E-state index < -0.39 is 11.6 Å². The van der Waals surface area contributed by atoms with Gasteiger partial charge in [0.25, 0.3) is 0 Å². The number of anilines is 1. The van der Waals surface area contributed by atoms with Crippen molar-refractivity contribution < 1.29 is 8.78 Å². The standard InChI is InChI=1S/C24H25F2N5/c1-12-13-3-5-14(6-4-13)20(12)28-22-16-7-8-31(2)24(16)30-23(29-22)18-11-27-21-17(18)9-15(25)10-19(21)26/h7-14,20,27H,3-6H2,1-2H3,(H,28,29,30)/t12-,13?,14?,20+/m0/s1. The fourth-order valence-electron chi connectivity index (χ4n) is 5.87. The summed E-state index contributed by atoms with van der Waals surface area (Å²) >= 11 is 0. The van der Waals surface area contributed by atoms with Gasteiger partial charge in [-0.05, 0) is 55.6 Å². The van der Waals surface area contributed by atoms with E-state index in [2.05, 4.69) is 17.2 Å². The van der Waals surface area contributed by atoms with Crippen LogP contribution in [-0.4, -0.2) is 25.6 Å². The Morgan fingerprint density at radius 3 is 2.61 bits per heavy atom. The van der Waals surface area contributed by atoms with Gasteiger partial charge in [0.1, 0.15) is 23.1 Å². The monoisotopic (exact) mass is 421 g/mol. The topological polar surface area (TPSA) is 58.5 Å². The van der Waals surface area contributed by atoms with Gasteiger partial charge in [-0.1, -0.05) is 6.92 Å². The maximum Gasteiger partial charge on any atom is 0.166 e. The van der Waals surface area contributed by atoms with Crippen LogP contribution in [0.1, 0.15) is 32.6 Å². The third-order valence-corrected chi connectivity index (χ3v) is 7.61. The number of hydrogen-bond donors (Lipinski definition) is 2. The Morgan fingerprint density at radius 1 is 1.06 bits per heavy atom. The van der Waals surface area contributed by atoms with E-state index in [-0.39, 0.29) is 5.52 Å². The van der Waals surface area contributed by atoms with Crippen molar-refractivity contribution >= 4 is 27.8 Å². The molecule has 7 rings (SSSR count). The van der Waals surface area contributed by atoms with Crippen molar-refractivity contribution in [1.29, 1.82) is 0 Å². The number of fused-ring (bicyclic) bond motifs is 5. The minimum atomic E-state index is -0.619. The van der Waals surface area contributed by atoms with E-state index in [1.807, 2.05) is 23.9 Å². The van der Waals surface area contributed by atoms with Crippen LogP contribution < -0.4 is 5.32 Å². The third kappa shape index (κ3) is 2.86. The molecule has 7 heteroatoms. The Kier molecular flexibility index (Phi) is 4.10. The predicted octanol–water partition coefficient (Wildman–Crippen LogP) is 5.63. The smallest absolute Gasteiger partial charge is 0.166 e. The summed E-state index contributed by atoms with van der Waals surface area (Å²) in [6.07, 6.45) is 8.82. The molecule has 3 aromatic heterocycles. The van der Waals surface area contributed by atoms with Crippen molar-refractivity contribution in [3.8, 4) is 11.4 Å². The largest absolute Gasteiger partial charge is 0.366 e. The molecule has 3 fully saturated rings. The van der Waals surface area contributed by atoms with Crippen LogP contribution in [-0.2, 0) is 7.05 Å². The number of benzene rings is 1. The van der Waals surface area contributed by atoms with Crippen LogP contribution in [0.5, 0.6) is 0 Å². The van der Waals surface area contributed by atoms with Crippen LogP contribution in [0, 0.1) is 29.4 Å². The lowest BCUT2D eigenvalue weighted by Gasteiger charge is -2.47. The Balaban J connectivity index is 1.49. The highest BCUT2D eigenvalue weighted by Gasteiger charge is 2.41. The van der Waals surface area contributed by atoms with Crippen molar-refractivity contribution in [3.63, 3.8) is 0 Å². The van der Waals surface area contributed by atoms with E-state index in [4.69, 9.17) is 9.97 Å². The van der Waals surface area contributed by atoms with Gasteiger partial charge in [0, 0.05) is 42.5 Å². The van der Waals surface area contributed by atoms with Crippen LogP contribution in [0.25, 0.3) is 33.3 Å². The average Bonchev–Trinajstić information content (AvgIpc) is 3.35. The van der Waals surface area contributed by atoms with Crippen molar-refractivity contribution in [2.45, 2.75) is 38.6 Å². The molecule has 3 heterocycles. The van der Waals surface area contributed by atoms with Crippen molar-refractivity contribution in [2.24, 2.45) is 24.8 Å². The van der Waals surface area contributed by atoms with Gasteiger partial charge in [-0.3, -0.25) is 0 Å². The first-order valence-corrected chi connectivity index (χ1v) is 11.1. The van der Waals surface area contributed by atoms with Crippen LogP contribution >= 0.6 is 0 Å². The Bertz CT molecular complexity index is 1300. The van der Waals surface area contributed by atoms with E-state index in [9.17, 15) is 8.78 Å². The molecule has 0 spiro atoms. The highest BCUT2D eigenvalue weighted by Crippen LogP contribution is 2.46. The molecule has 2 atom stereocenters. The summed E-state index contributed by atoms with van der Waals surface area (Å²) in [7, 11) is 1.95. The van der Waals surface area contributed by atoms with E-state index in [0.29, 0.717) is 34.7 Å². The van der Waals surface area contributed by atoms with Gasteiger partial charge in [0.05, 0.1) is 10.9 Å². The van der Waals surface area contributed by atoms with Gasteiger partial charge in [0.2, 0.25) is 0 Å². The number of nitrogens with zero attached hydrogens (tertiary/aromatic N) is 3. The zero-order valence-electron chi connectivity index (χ0n) is 17.6. The molecule has 0 aliphatic heterocycles. The molecule has 0 amide bonds. The maximum absolute atomic E-state index is 14.2.